The first-order chi connectivity index (χ1) is 25.2. The molecule has 0 bridgehead atoms. The van der Waals surface area contributed by atoms with Gasteiger partial charge in [0.25, 0.3) is 0 Å². The number of nitrogens with zero attached hydrogens (tertiary/aromatic N) is 1. The Kier molecular flexibility index (Phi) is 12.5. The van der Waals surface area contributed by atoms with Gasteiger partial charge in [-0.25, -0.2) is 4.79 Å². The maximum atomic E-state index is 14.3. The van der Waals surface area contributed by atoms with Crippen LogP contribution in [0.15, 0.2) is 84.9 Å². The molecule has 276 valence electrons. The lowest BCUT2D eigenvalue weighted by atomic mass is 9.97. The van der Waals surface area contributed by atoms with Crippen molar-refractivity contribution in [2.75, 3.05) is 26.2 Å². The molecule has 0 saturated carbocycles. The van der Waals surface area contributed by atoms with Gasteiger partial charge in [-0.1, -0.05) is 76.0 Å². The number of piperidine rings is 1. The van der Waals surface area contributed by atoms with Crippen LogP contribution in [0.1, 0.15) is 63.6 Å². The molecule has 1 aliphatic rings. The molecule has 0 atom stereocenters. The third-order valence-corrected chi connectivity index (χ3v) is 11.1. The Morgan fingerprint density at radius 1 is 0.698 bits per heavy atom. The van der Waals surface area contributed by atoms with Gasteiger partial charge in [-0.15, -0.1) is 11.3 Å². The van der Waals surface area contributed by atoms with E-state index in [0.29, 0.717) is 44.2 Å². The average molecular weight is 854 g/mol. The predicted molar refractivity (Wildman–Crippen MR) is 214 cm³/mol. The molecular weight excluding hydrogens is 823 g/mol. The van der Waals surface area contributed by atoms with E-state index >= 15 is 0 Å². The zero-order valence-electron chi connectivity index (χ0n) is 28.1. The Morgan fingerprint density at radius 3 is 1.91 bits per heavy atom. The molecule has 14 heteroatoms. The minimum Gasteiger partial charge on any atom is -0.492 e. The zero-order chi connectivity index (χ0) is 37.9. The number of thiophene rings is 1. The fourth-order valence-electron chi connectivity index (χ4n) is 5.97. The third kappa shape index (κ3) is 9.99. The summed E-state index contributed by atoms with van der Waals surface area (Å²) in [6, 6.07) is 23.0. The van der Waals surface area contributed by atoms with Crippen LogP contribution in [0.5, 0.6) is 17.2 Å². The molecule has 1 aliphatic heterocycles. The second kappa shape index (κ2) is 16.8. The number of rotatable bonds is 10. The predicted octanol–water partition coefficient (Wildman–Crippen LogP) is 11.5. The molecule has 0 N–H and O–H groups in total. The van der Waals surface area contributed by atoms with Crippen LogP contribution < -0.4 is 14.2 Å². The number of carbonyl (C=O) groups excluding carboxylic acids is 3. The number of hydrogen-bond donors (Lipinski definition) is 0. The summed E-state index contributed by atoms with van der Waals surface area (Å²) in [5.74, 6) is -0.191. The summed E-state index contributed by atoms with van der Waals surface area (Å²) in [6.07, 6.45) is 3.71. The third-order valence-electron chi connectivity index (χ3n) is 8.54. The summed E-state index contributed by atoms with van der Waals surface area (Å²) in [5.41, 5.74) is 1.87. The average Bonchev–Trinajstić information content (AvgIpc) is 3.50. The van der Waals surface area contributed by atoms with Crippen molar-refractivity contribution < 1.29 is 28.6 Å². The summed E-state index contributed by atoms with van der Waals surface area (Å²) in [6.45, 7) is 4.93. The number of carbonyl (C=O) groups is 3. The highest BCUT2D eigenvalue weighted by Gasteiger charge is 2.31. The van der Waals surface area contributed by atoms with Crippen LogP contribution in [0.3, 0.4) is 0 Å². The van der Waals surface area contributed by atoms with Crippen LogP contribution in [-0.2, 0) is 12.4 Å². The molecule has 5 aromatic rings. The smallest absolute Gasteiger partial charge is 0.343 e. The monoisotopic (exact) mass is 851 g/mol. The first-order valence-electron chi connectivity index (χ1n) is 16.5. The molecular formula is C39H31Cl6NO6S. The largest absolute Gasteiger partial charge is 0.492 e. The van der Waals surface area contributed by atoms with Crippen molar-refractivity contribution in [1.29, 1.82) is 0 Å². The summed E-state index contributed by atoms with van der Waals surface area (Å²) in [7, 11) is 0. The second-order valence-electron chi connectivity index (χ2n) is 12.4. The Hall–Kier alpha value is -3.05. The first-order valence-corrected chi connectivity index (χ1v) is 19.6. The summed E-state index contributed by atoms with van der Waals surface area (Å²) < 4.78 is 13.8. The van der Waals surface area contributed by atoms with E-state index in [9.17, 15) is 14.4 Å². The van der Waals surface area contributed by atoms with Gasteiger partial charge in [0.05, 0.1) is 5.56 Å². The van der Waals surface area contributed by atoms with Crippen LogP contribution in [0.25, 0.3) is 20.5 Å². The van der Waals surface area contributed by atoms with Crippen LogP contribution in [-0.4, -0.2) is 48.9 Å². The van der Waals surface area contributed by atoms with E-state index in [1.165, 1.54) is 55.7 Å². The van der Waals surface area contributed by atoms with Gasteiger partial charge in [-0.3, -0.25) is 14.5 Å². The molecule has 1 aromatic heterocycles. The Bertz CT molecular complexity index is 2100. The lowest BCUT2D eigenvalue weighted by Gasteiger charge is -2.26. The van der Waals surface area contributed by atoms with E-state index in [4.69, 9.17) is 83.8 Å². The van der Waals surface area contributed by atoms with Gasteiger partial charge in [0.15, 0.2) is 5.78 Å². The molecule has 1 saturated heterocycles. The van der Waals surface area contributed by atoms with Gasteiger partial charge < -0.3 is 14.2 Å². The highest BCUT2D eigenvalue weighted by Crippen LogP contribution is 2.45. The molecule has 0 amide bonds. The molecule has 0 aliphatic carbocycles. The summed E-state index contributed by atoms with van der Waals surface area (Å²) in [5, 5.41) is 0.650. The lowest BCUT2D eigenvalue weighted by Crippen LogP contribution is -2.33. The van der Waals surface area contributed by atoms with Gasteiger partial charge in [0.2, 0.25) is 7.59 Å². The standard InChI is InChI=1S/C39H31Cl6NO6S/c1-23(47)51-30-11-7-25(8-12-30)36-34(35(48)24-5-9-29(10-6-24)50-18-17-46-15-3-2-4-16-46)32-14-13-31(22-33(32)53-36)52-37(49)26-19-27(38(40,41)42)21-28(20-26)39(43,44)45/h5-14,19-22H,2-4,15-18H2,1H3. The van der Waals surface area contributed by atoms with Crippen molar-refractivity contribution in [3.8, 4) is 27.7 Å². The van der Waals surface area contributed by atoms with Gasteiger partial charge in [0.1, 0.15) is 23.9 Å². The number of likely N-dealkylation sites (tertiary alicyclic amines) is 1. The minimum atomic E-state index is -1.91. The lowest BCUT2D eigenvalue weighted by molar-refractivity contribution is -0.131. The minimum absolute atomic E-state index is 0.00947. The van der Waals surface area contributed by atoms with Crippen LogP contribution in [0.2, 0.25) is 0 Å². The van der Waals surface area contributed by atoms with Crippen molar-refractivity contribution in [3.63, 3.8) is 0 Å². The van der Waals surface area contributed by atoms with Crippen molar-refractivity contribution in [2.45, 2.75) is 33.8 Å². The van der Waals surface area contributed by atoms with Gasteiger partial charge in [-0.05, 0) is 116 Å². The van der Waals surface area contributed by atoms with Crippen molar-refractivity contribution in [1.82, 2.24) is 4.90 Å². The van der Waals surface area contributed by atoms with E-state index < -0.39 is 19.5 Å². The molecule has 1 fully saturated rings. The molecule has 2 heterocycles. The zero-order valence-corrected chi connectivity index (χ0v) is 33.5. The van der Waals surface area contributed by atoms with E-state index in [-0.39, 0.29) is 28.2 Å². The Balaban J connectivity index is 1.30. The topological polar surface area (TPSA) is 82.1 Å². The molecule has 6 rings (SSSR count). The fraction of sp³-hybridized carbons (Fsp3) is 0.256. The van der Waals surface area contributed by atoms with E-state index in [0.717, 1.165) is 25.2 Å². The van der Waals surface area contributed by atoms with E-state index in [1.54, 1.807) is 66.7 Å². The molecule has 0 unspecified atom stereocenters. The van der Waals surface area contributed by atoms with Crippen molar-refractivity contribution in [2.24, 2.45) is 0 Å². The highest BCUT2D eigenvalue weighted by atomic mass is 35.6. The highest BCUT2D eigenvalue weighted by molar-refractivity contribution is 7.22. The van der Waals surface area contributed by atoms with Crippen LogP contribution in [0, 0.1) is 0 Å². The quantitative estimate of drug-likeness (QED) is 0.0599. The summed E-state index contributed by atoms with van der Waals surface area (Å²) in [4.78, 5) is 42.3. The molecule has 4 aromatic carbocycles. The van der Waals surface area contributed by atoms with Crippen LogP contribution >= 0.6 is 80.9 Å². The second-order valence-corrected chi connectivity index (χ2v) is 18.0. The van der Waals surface area contributed by atoms with Crippen molar-refractivity contribution in [3.05, 3.63) is 113 Å². The van der Waals surface area contributed by atoms with Gasteiger partial charge in [-0.2, -0.15) is 0 Å². The number of halogens is 6. The maximum absolute atomic E-state index is 14.3. The summed E-state index contributed by atoms with van der Waals surface area (Å²) >= 11 is 37.9. The number of hydrogen-bond acceptors (Lipinski definition) is 8. The SMILES string of the molecule is CC(=O)Oc1ccc(-c2sc3cc(OC(=O)c4cc(C(Cl)(Cl)Cl)cc(C(Cl)(Cl)Cl)c4)ccc3c2C(=O)c2ccc(OCCN3CCCCC3)cc2)cc1. The number of benzene rings is 4. The van der Waals surface area contributed by atoms with E-state index in [2.05, 4.69) is 4.90 Å². The number of esters is 2. The number of fused-ring (bicyclic) bond motifs is 1. The molecule has 0 radical (unpaired) electrons. The number of alkyl halides is 6. The van der Waals surface area contributed by atoms with Crippen molar-refractivity contribution >= 4 is 109 Å². The number of ether oxygens (including phenoxy) is 3. The van der Waals surface area contributed by atoms with Gasteiger partial charge >= 0.3 is 11.9 Å². The molecule has 0 spiro atoms. The fourth-order valence-corrected chi connectivity index (χ4v) is 7.86. The molecule has 7 nitrogen and oxygen atoms in total. The van der Waals surface area contributed by atoms with E-state index in [1.807, 2.05) is 0 Å². The van der Waals surface area contributed by atoms with Crippen LogP contribution in [0.4, 0.5) is 0 Å². The maximum Gasteiger partial charge on any atom is 0.343 e. The van der Waals surface area contributed by atoms with Gasteiger partial charge in [0, 0.05) is 50.7 Å². The first kappa shape index (κ1) is 39.6. The Morgan fingerprint density at radius 2 is 1.30 bits per heavy atom. The normalized spacial score (nSPS) is 13.9. The number of ketones is 1. The molecule has 53 heavy (non-hydrogen) atoms. The Labute approximate surface area is 340 Å².